The molecule has 11 nitrogen and oxygen atoms in total. The number of amides is 5. The SMILES string of the molecule is CC(C)[C@H](NC(=O)CCOCCNC(=O)CCC(C)(C)C)C(=O)N[C@@H](CCCNC(N)=O)C(=O)C(C)(C)C. The number of hydrogen-bond acceptors (Lipinski definition) is 6. The van der Waals surface area contributed by atoms with Crippen LogP contribution in [0.5, 0.6) is 0 Å². The molecule has 6 N–H and O–H groups in total. The van der Waals surface area contributed by atoms with E-state index >= 15 is 0 Å². The largest absolute Gasteiger partial charge is 0.379 e. The lowest BCUT2D eigenvalue weighted by molar-refractivity contribution is -0.135. The molecule has 220 valence electrons. The molecule has 0 radical (unpaired) electrons. The highest BCUT2D eigenvalue weighted by atomic mass is 16.5. The summed E-state index contributed by atoms with van der Waals surface area (Å²) >= 11 is 0. The molecule has 0 aromatic rings. The van der Waals surface area contributed by atoms with E-state index in [1.165, 1.54) is 0 Å². The Kier molecular flexibility index (Phi) is 15.8. The molecule has 0 bridgehead atoms. The molecule has 0 aliphatic carbocycles. The Bertz CT molecular complexity index is 786. The number of Topliss-reactive ketones (excluding diaryl/α,β-unsaturated/α-hetero) is 1. The van der Waals surface area contributed by atoms with Crippen LogP contribution in [-0.2, 0) is 23.9 Å². The Hall–Kier alpha value is -2.69. The molecular weight excluding hydrogens is 490 g/mol. The van der Waals surface area contributed by atoms with Crippen LogP contribution in [0.3, 0.4) is 0 Å². The van der Waals surface area contributed by atoms with Crippen LogP contribution in [0.2, 0.25) is 0 Å². The monoisotopic (exact) mass is 541 g/mol. The van der Waals surface area contributed by atoms with Crippen LogP contribution < -0.4 is 27.0 Å². The van der Waals surface area contributed by atoms with Crippen LogP contribution in [0.1, 0.15) is 87.5 Å². The second-order valence-electron chi connectivity index (χ2n) is 12.2. The maximum atomic E-state index is 13.1. The molecule has 2 atom stereocenters. The van der Waals surface area contributed by atoms with Gasteiger partial charge in [-0.2, -0.15) is 0 Å². The van der Waals surface area contributed by atoms with Gasteiger partial charge in [0.2, 0.25) is 17.7 Å². The summed E-state index contributed by atoms with van der Waals surface area (Å²) in [4.78, 5) is 61.2. The topological polar surface area (TPSA) is 169 Å². The number of primary amides is 1. The van der Waals surface area contributed by atoms with Crippen LogP contribution >= 0.6 is 0 Å². The van der Waals surface area contributed by atoms with Crippen LogP contribution in [0.25, 0.3) is 0 Å². The summed E-state index contributed by atoms with van der Waals surface area (Å²) in [6.07, 6.45) is 2.07. The minimum absolute atomic E-state index is 0.0283. The normalized spacial score (nSPS) is 13.4. The van der Waals surface area contributed by atoms with Crippen molar-refractivity contribution in [1.29, 1.82) is 0 Å². The lowest BCUT2D eigenvalue weighted by Gasteiger charge is -2.28. The van der Waals surface area contributed by atoms with Gasteiger partial charge in [0, 0.05) is 31.3 Å². The summed E-state index contributed by atoms with van der Waals surface area (Å²) in [6, 6.07) is -2.25. The second kappa shape index (κ2) is 17.0. The maximum Gasteiger partial charge on any atom is 0.312 e. The second-order valence-corrected chi connectivity index (χ2v) is 12.2. The summed E-state index contributed by atoms with van der Waals surface area (Å²) in [6.45, 7) is 16.2. The van der Waals surface area contributed by atoms with E-state index in [2.05, 4.69) is 42.0 Å². The van der Waals surface area contributed by atoms with Crippen LogP contribution in [0, 0.1) is 16.7 Å². The van der Waals surface area contributed by atoms with Gasteiger partial charge >= 0.3 is 6.03 Å². The van der Waals surface area contributed by atoms with Gasteiger partial charge in [-0.05, 0) is 30.6 Å². The number of hydrogen-bond donors (Lipinski definition) is 5. The number of carbonyl (C=O) groups is 5. The van der Waals surface area contributed by atoms with Crippen molar-refractivity contribution in [2.75, 3.05) is 26.3 Å². The maximum absolute atomic E-state index is 13.1. The number of ether oxygens (including phenoxy) is 1. The third-order valence-electron chi connectivity index (χ3n) is 5.75. The van der Waals surface area contributed by atoms with E-state index in [9.17, 15) is 24.0 Å². The van der Waals surface area contributed by atoms with Gasteiger partial charge in [-0.1, -0.05) is 55.4 Å². The predicted octanol–water partition coefficient (Wildman–Crippen LogP) is 2.02. The first-order valence-electron chi connectivity index (χ1n) is 13.5. The van der Waals surface area contributed by atoms with Gasteiger partial charge in [-0.3, -0.25) is 19.2 Å². The number of ketones is 1. The van der Waals surface area contributed by atoms with Crippen molar-refractivity contribution < 1.29 is 28.7 Å². The highest BCUT2D eigenvalue weighted by Crippen LogP contribution is 2.20. The Labute approximate surface area is 228 Å². The van der Waals surface area contributed by atoms with Crippen LogP contribution in [0.4, 0.5) is 4.79 Å². The number of nitrogens with two attached hydrogens (primary N) is 1. The number of rotatable bonds is 17. The van der Waals surface area contributed by atoms with Crippen LogP contribution in [0.15, 0.2) is 0 Å². The lowest BCUT2D eigenvalue weighted by Crippen LogP contribution is -2.55. The van der Waals surface area contributed by atoms with Crippen molar-refractivity contribution in [1.82, 2.24) is 21.3 Å². The molecule has 0 saturated carbocycles. The van der Waals surface area contributed by atoms with Crippen molar-refractivity contribution >= 4 is 29.5 Å². The Balaban J connectivity index is 4.70. The molecule has 0 aliphatic heterocycles. The summed E-state index contributed by atoms with van der Waals surface area (Å²) in [7, 11) is 0. The van der Waals surface area contributed by atoms with E-state index in [-0.39, 0.29) is 55.1 Å². The highest BCUT2D eigenvalue weighted by Gasteiger charge is 2.33. The first kappa shape index (κ1) is 35.3. The quantitative estimate of drug-likeness (QED) is 0.177. The third kappa shape index (κ3) is 16.9. The smallest absolute Gasteiger partial charge is 0.312 e. The average molecular weight is 542 g/mol. The predicted molar refractivity (Wildman–Crippen MR) is 147 cm³/mol. The van der Waals surface area contributed by atoms with E-state index in [4.69, 9.17) is 10.5 Å². The average Bonchev–Trinajstić information content (AvgIpc) is 2.78. The molecule has 0 aliphatic rings. The molecule has 5 amide bonds. The van der Waals surface area contributed by atoms with E-state index < -0.39 is 29.4 Å². The third-order valence-corrected chi connectivity index (χ3v) is 5.75. The fourth-order valence-electron chi connectivity index (χ4n) is 3.46. The minimum Gasteiger partial charge on any atom is -0.379 e. The number of urea groups is 1. The summed E-state index contributed by atoms with van der Waals surface area (Å²) in [5, 5.41) is 10.8. The van der Waals surface area contributed by atoms with E-state index in [0.29, 0.717) is 25.8 Å². The summed E-state index contributed by atoms with van der Waals surface area (Å²) in [5.74, 6) is -1.18. The summed E-state index contributed by atoms with van der Waals surface area (Å²) < 4.78 is 5.45. The van der Waals surface area contributed by atoms with Gasteiger partial charge in [0.15, 0.2) is 5.78 Å². The van der Waals surface area contributed by atoms with E-state index in [1.807, 2.05) is 0 Å². The molecule has 0 aromatic carbocycles. The van der Waals surface area contributed by atoms with Gasteiger partial charge in [0.05, 0.1) is 19.3 Å². The molecule has 0 fully saturated rings. The minimum atomic E-state index is -0.830. The van der Waals surface area contributed by atoms with Crippen molar-refractivity contribution in [3.8, 4) is 0 Å². The van der Waals surface area contributed by atoms with Crippen molar-refractivity contribution in [2.45, 2.75) is 99.6 Å². The molecular formula is C27H51N5O6. The lowest BCUT2D eigenvalue weighted by atomic mass is 9.84. The zero-order valence-electron chi connectivity index (χ0n) is 24.6. The Morgan fingerprint density at radius 2 is 1.45 bits per heavy atom. The molecule has 0 aromatic heterocycles. The van der Waals surface area contributed by atoms with Crippen molar-refractivity contribution in [3.05, 3.63) is 0 Å². The molecule has 0 spiro atoms. The van der Waals surface area contributed by atoms with Crippen molar-refractivity contribution in [3.63, 3.8) is 0 Å². The molecule has 0 heterocycles. The van der Waals surface area contributed by atoms with Gasteiger partial charge < -0.3 is 31.7 Å². The van der Waals surface area contributed by atoms with Crippen molar-refractivity contribution in [2.24, 2.45) is 22.5 Å². The fourth-order valence-corrected chi connectivity index (χ4v) is 3.46. The zero-order chi connectivity index (χ0) is 29.5. The molecule has 0 rings (SSSR count). The number of carbonyl (C=O) groups excluding carboxylic acids is 5. The Morgan fingerprint density at radius 3 is 1.97 bits per heavy atom. The van der Waals surface area contributed by atoms with Gasteiger partial charge in [0.25, 0.3) is 0 Å². The fraction of sp³-hybridized carbons (Fsp3) is 0.815. The first-order valence-corrected chi connectivity index (χ1v) is 13.5. The Morgan fingerprint density at radius 1 is 0.816 bits per heavy atom. The first-order chi connectivity index (χ1) is 17.4. The molecule has 38 heavy (non-hydrogen) atoms. The van der Waals surface area contributed by atoms with Gasteiger partial charge in [0.1, 0.15) is 6.04 Å². The van der Waals surface area contributed by atoms with Gasteiger partial charge in [-0.15, -0.1) is 0 Å². The zero-order valence-corrected chi connectivity index (χ0v) is 24.6. The van der Waals surface area contributed by atoms with Gasteiger partial charge in [-0.25, -0.2) is 4.79 Å². The van der Waals surface area contributed by atoms with E-state index in [0.717, 1.165) is 6.42 Å². The standard InChI is InChI=1S/C27H51N5O6/c1-18(2)22(24(36)31-19(23(35)27(6,7)8)10-9-14-30-25(28)37)32-21(34)12-16-38-17-15-29-20(33)11-13-26(3,4)5/h18-19,22H,9-17H2,1-8H3,(H,29,33)(H,31,36)(H,32,34)(H3,28,30,37)/t19-,22-/m0/s1. The number of nitrogens with one attached hydrogen (secondary N) is 4. The molecule has 11 heteroatoms. The molecule has 0 saturated heterocycles. The van der Waals surface area contributed by atoms with E-state index in [1.54, 1.807) is 34.6 Å². The summed E-state index contributed by atoms with van der Waals surface area (Å²) in [5.41, 5.74) is 4.49. The molecule has 0 unspecified atom stereocenters. The highest BCUT2D eigenvalue weighted by molar-refractivity contribution is 5.95. The van der Waals surface area contributed by atoms with Crippen LogP contribution in [-0.4, -0.2) is 67.9 Å².